The van der Waals surface area contributed by atoms with Crippen LogP contribution in [-0.4, -0.2) is 35.0 Å². The molecule has 0 saturated carbocycles. The van der Waals surface area contributed by atoms with Crippen LogP contribution in [0.5, 0.6) is 0 Å². The predicted octanol–water partition coefficient (Wildman–Crippen LogP) is 1.35. The third-order valence-electron chi connectivity index (χ3n) is 2.21. The SMILES string of the molecule is CC(CC(=O)O)CC(=O)N(C)C(C)C. The molecule has 0 aliphatic heterocycles. The molecule has 4 nitrogen and oxygen atoms in total. The molecule has 14 heavy (non-hydrogen) atoms. The first-order chi connectivity index (χ1) is 6.34. The molecular formula is C10H19NO3. The number of nitrogens with zero attached hydrogens (tertiary/aromatic N) is 1. The maximum absolute atomic E-state index is 11.5. The molecule has 0 aromatic heterocycles. The lowest BCUT2D eigenvalue weighted by molar-refractivity contribution is -0.138. The van der Waals surface area contributed by atoms with Crippen molar-refractivity contribution < 1.29 is 14.7 Å². The molecule has 0 fully saturated rings. The van der Waals surface area contributed by atoms with Gasteiger partial charge < -0.3 is 10.0 Å². The Hall–Kier alpha value is -1.06. The van der Waals surface area contributed by atoms with Crippen molar-refractivity contribution in [3.05, 3.63) is 0 Å². The van der Waals surface area contributed by atoms with E-state index in [1.165, 1.54) is 0 Å². The van der Waals surface area contributed by atoms with Gasteiger partial charge in [-0.05, 0) is 19.8 Å². The number of aliphatic carboxylic acids is 1. The summed E-state index contributed by atoms with van der Waals surface area (Å²) in [4.78, 5) is 23.5. The Balaban J connectivity index is 3.99. The van der Waals surface area contributed by atoms with E-state index in [0.29, 0.717) is 6.42 Å². The van der Waals surface area contributed by atoms with Gasteiger partial charge in [0.15, 0.2) is 0 Å². The zero-order chi connectivity index (χ0) is 11.3. The smallest absolute Gasteiger partial charge is 0.303 e. The molecule has 0 spiro atoms. The molecule has 0 aromatic rings. The first-order valence-corrected chi connectivity index (χ1v) is 4.82. The van der Waals surface area contributed by atoms with Crippen molar-refractivity contribution in [2.45, 2.75) is 39.7 Å². The highest BCUT2D eigenvalue weighted by atomic mass is 16.4. The summed E-state index contributed by atoms with van der Waals surface area (Å²) in [6, 6.07) is 0.166. The average Bonchev–Trinajstić information content (AvgIpc) is 2.00. The van der Waals surface area contributed by atoms with Gasteiger partial charge in [-0.15, -0.1) is 0 Å². The highest BCUT2D eigenvalue weighted by Crippen LogP contribution is 2.10. The molecule has 0 aliphatic rings. The summed E-state index contributed by atoms with van der Waals surface area (Å²) >= 11 is 0. The molecule has 0 radical (unpaired) electrons. The van der Waals surface area contributed by atoms with Crippen LogP contribution in [0, 0.1) is 5.92 Å². The number of hydrogen-bond acceptors (Lipinski definition) is 2. The summed E-state index contributed by atoms with van der Waals surface area (Å²) in [7, 11) is 1.74. The highest BCUT2D eigenvalue weighted by molar-refractivity contribution is 5.77. The van der Waals surface area contributed by atoms with Crippen LogP contribution in [0.15, 0.2) is 0 Å². The van der Waals surface area contributed by atoms with E-state index in [1.807, 2.05) is 13.8 Å². The normalized spacial score (nSPS) is 12.6. The molecule has 1 unspecified atom stereocenters. The minimum atomic E-state index is -0.850. The van der Waals surface area contributed by atoms with E-state index in [2.05, 4.69) is 0 Å². The van der Waals surface area contributed by atoms with E-state index in [-0.39, 0.29) is 24.3 Å². The number of carbonyl (C=O) groups excluding carboxylic acids is 1. The summed E-state index contributed by atoms with van der Waals surface area (Å²) in [5, 5.41) is 8.52. The van der Waals surface area contributed by atoms with Gasteiger partial charge in [-0.1, -0.05) is 6.92 Å². The summed E-state index contributed by atoms with van der Waals surface area (Å²) in [6.07, 6.45) is 0.360. The molecule has 0 heterocycles. The van der Waals surface area contributed by atoms with Crippen LogP contribution < -0.4 is 0 Å². The van der Waals surface area contributed by atoms with Crippen LogP contribution in [0.2, 0.25) is 0 Å². The molecule has 0 saturated heterocycles. The van der Waals surface area contributed by atoms with Crippen molar-refractivity contribution in [1.82, 2.24) is 4.90 Å². The van der Waals surface area contributed by atoms with E-state index in [1.54, 1.807) is 18.9 Å². The number of hydrogen-bond donors (Lipinski definition) is 1. The van der Waals surface area contributed by atoms with Crippen molar-refractivity contribution in [3.8, 4) is 0 Å². The zero-order valence-electron chi connectivity index (χ0n) is 9.28. The van der Waals surface area contributed by atoms with Crippen LogP contribution in [0.3, 0.4) is 0 Å². The van der Waals surface area contributed by atoms with Crippen LogP contribution in [0.25, 0.3) is 0 Å². The monoisotopic (exact) mass is 201 g/mol. The Bertz CT molecular complexity index is 213. The first kappa shape index (κ1) is 12.9. The van der Waals surface area contributed by atoms with Crippen molar-refractivity contribution in [3.63, 3.8) is 0 Å². The Morgan fingerprint density at radius 3 is 2.07 bits per heavy atom. The summed E-state index contributed by atoms with van der Waals surface area (Å²) in [5.41, 5.74) is 0. The van der Waals surface area contributed by atoms with Gasteiger partial charge in [0.05, 0.1) is 0 Å². The molecule has 0 bridgehead atoms. The highest BCUT2D eigenvalue weighted by Gasteiger charge is 2.17. The minimum absolute atomic E-state index is 0.00810. The molecule has 82 valence electrons. The van der Waals surface area contributed by atoms with E-state index in [9.17, 15) is 9.59 Å². The number of carboxylic acids is 1. The molecule has 0 aromatic carbocycles. The lowest BCUT2D eigenvalue weighted by Gasteiger charge is -2.22. The van der Waals surface area contributed by atoms with Crippen LogP contribution in [0.4, 0.5) is 0 Å². The van der Waals surface area contributed by atoms with Gasteiger partial charge in [-0.25, -0.2) is 0 Å². The third kappa shape index (κ3) is 4.84. The number of carbonyl (C=O) groups is 2. The van der Waals surface area contributed by atoms with Crippen LogP contribution >= 0.6 is 0 Å². The average molecular weight is 201 g/mol. The molecule has 0 rings (SSSR count). The van der Waals surface area contributed by atoms with Gasteiger partial charge >= 0.3 is 5.97 Å². The van der Waals surface area contributed by atoms with Crippen molar-refractivity contribution in [2.75, 3.05) is 7.05 Å². The van der Waals surface area contributed by atoms with Gasteiger partial charge in [0.1, 0.15) is 0 Å². The lowest BCUT2D eigenvalue weighted by atomic mass is 10.0. The molecule has 1 atom stereocenters. The van der Waals surface area contributed by atoms with E-state index < -0.39 is 5.97 Å². The van der Waals surface area contributed by atoms with Crippen LogP contribution in [0.1, 0.15) is 33.6 Å². The lowest BCUT2D eigenvalue weighted by Crippen LogP contribution is -2.34. The van der Waals surface area contributed by atoms with Crippen molar-refractivity contribution in [1.29, 1.82) is 0 Å². The summed E-state index contributed by atoms with van der Waals surface area (Å²) in [6.45, 7) is 5.64. The zero-order valence-corrected chi connectivity index (χ0v) is 9.28. The Morgan fingerprint density at radius 2 is 1.71 bits per heavy atom. The number of amides is 1. The second-order valence-electron chi connectivity index (χ2n) is 4.01. The van der Waals surface area contributed by atoms with E-state index in [4.69, 9.17) is 5.11 Å². The number of rotatable bonds is 5. The van der Waals surface area contributed by atoms with Gasteiger partial charge in [-0.2, -0.15) is 0 Å². The Labute approximate surface area is 84.9 Å². The Morgan fingerprint density at radius 1 is 1.21 bits per heavy atom. The summed E-state index contributed by atoms with van der Waals surface area (Å²) in [5.74, 6) is -0.938. The second kappa shape index (κ2) is 5.62. The van der Waals surface area contributed by atoms with Crippen molar-refractivity contribution >= 4 is 11.9 Å². The number of carboxylic acid groups (broad SMARTS) is 1. The fraction of sp³-hybridized carbons (Fsp3) is 0.800. The molecule has 0 aliphatic carbocycles. The third-order valence-corrected chi connectivity index (χ3v) is 2.21. The van der Waals surface area contributed by atoms with Gasteiger partial charge in [0.25, 0.3) is 0 Å². The molecule has 1 amide bonds. The van der Waals surface area contributed by atoms with E-state index >= 15 is 0 Å². The predicted molar refractivity (Wildman–Crippen MR) is 53.9 cm³/mol. The molecular weight excluding hydrogens is 182 g/mol. The molecule has 4 heteroatoms. The topological polar surface area (TPSA) is 57.6 Å². The quantitative estimate of drug-likeness (QED) is 0.730. The largest absolute Gasteiger partial charge is 0.481 e. The fourth-order valence-corrected chi connectivity index (χ4v) is 1.10. The first-order valence-electron chi connectivity index (χ1n) is 4.82. The van der Waals surface area contributed by atoms with E-state index in [0.717, 1.165) is 0 Å². The van der Waals surface area contributed by atoms with Gasteiger partial charge in [-0.3, -0.25) is 9.59 Å². The molecule has 1 N–H and O–H groups in total. The Kier molecular flexibility index (Phi) is 5.20. The van der Waals surface area contributed by atoms with Gasteiger partial charge in [0, 0.05) is 25.9 Å². The van der Waals surface area contributed by atoms with Gasteiger partial charge in [0.2, 0.25) is 5.91 Å². The maximum atomic E-state index is 11.5. The minimum Gasteiger partial charge on any atom is -0.481 e. The van der Waals surface area contributed by atoms with Crippen LogP contribution in [-0.2, 0) is 9.59 Å². The second-order valence-corrected chi connectivity index (χ2v) is 4.01. The summed E-state index contributed by atoms with van der Waals surface area (Å²) < 4.78 is 0. The van der Waals surface area contributed by atoms with Crippen molar-refractivity contribution in [2.24, 2.45) is 5.92 Å². The fourth-order valence-electron chi connectivity index (χ4n) is 1.10. The standard InChI is InChI=1S/C10H19NO3/c1-7(2)11(4)9(12)5-8(3)6-10(13)14/h7-8H,5-6H2,1-4H3,(H,13,14). The maximum Gasteiger partial charge on any atom is 0.303 e.